The molecule has 0 unspecified atom stereocenters. The first-order valence-corrected chi connectivity index (χ1v) is 8.25. The van der Waals surface area contributed by atoms with Crippen LogP contribution in [0.4, 0.5) is 0 Å². The van der Waals surface area contributed by atoms with Gasteiger partial charge in [-0.25, -0.2) is 0 Å². The fraction of sp³-hybridized carbons (Fsp3) is 0.200. The Labute approximate surface area is 145 Å². The van der Waals surface area contributed by atoms with Crippen molar-refractivity contribution in [3.05, 3.63) is 82.5 Å². The summed E-state index contributed by atoms with van der Waals surface area (Å²) >= 11 is 0. The van der Waals surface area contributed by atoms with E-state index in [0.717, 1.165) is 24.2 Å². The fourth-order valence-electron chi connectivity index (χ4n) is 2.63. The Hall–Kier alpha value is -3.08. The summed E-state index contributed by atoms with van der Waals surface area (Å²) in [6.45, 7) is 1.91. The number of aromatic nitrogens is 1. The molecule has 1 atom stereocenters. The van der Waals surface area contributed by atoms with Crippen LogP contribution >= 0.6 is 0 Å². The standard InChI is InChI=1S/C20H20N2O3/c1-14(9-10-16-8-5-13-25-16)21-19(23)17-11-12-18(22-20(17)24)15-6-3-2-4-7-15/h2-8,11-14H,9-10H2,1H3,(H,21,23)(H,22,24)/t14-/m0/s1. The molecule has 2 heterocycles. The van der Waals surface area contributed by atoms with Gasteiger partial charge in [0.25, 0.3) is 11.5 Å². The maximum atomic E-state index is 12.3. The van der Waals surface area contributed by atoms with E-state index in [0.29, 0.717) is 5.69 Å². The summed E-state index contributed by atoms with van der Waals surface area (Å²) in [7, 11) is 0. The van der Waals surface area contributed by atoms with Crippen LogP contribution < -0.4 is 10.9 Å². The average Bonchev–Trinajstić information content (AvgIpc) is 3.14. The lowest BCUT2D eigenvalue weighted by Crippen LogP contribution is -2.36. The van der Waals surface area contributed by atoms with Crippen LogP contribution in [0.2, 0.25) is 0 Å². The highest BCUT2D eigenvalue weighted by molar-refractivity contribution is 5.94. The van der Waals surface area contributed by atoms with Crippen molar-refractivity contribution in [2.24, 2.45) is 0 Å². The molecule has 0 saturated carbocycles. The molecule has 2 N–H and O–H groups in total. The smallest absolute Gasteiger partial charge is 0.261 e. The molecule has 0 fully saturated rings. The van der Waals surface area contributed by atoms with Gasteiger partial charge in [-0.3, -0.25) is 9.59 Å². The van der Waals surface area contributed by atoms with E-state index in [1.807, 2.05) is 49.4 Å². The number of hydrogen-bond acceptors (Lipinski definition) is 3. The van der Waals surface area contributed by atoms with E-state index in [4.69, 9.17) is 4.42 Å². The van der Waals surface area contributed by atoms with Crippen molar-refractivity contribution >= 4 is 5.91 Å². The van der Waals surface area contributed by atoms with Crippen molar-refractivity contribution in [1.29, 1.82) is 0 Å². The average molecular weight is 336 g/mol. The van der Waals surface area contributed by atoms with E-state index >= 15 is 0 Å². The Morgan fingerprint density at radius 3 is 2.60 bits per heavy atom. The summed E-state index contributed by atoms with van der Waals surface area (Å²) in [6, 6.07) is 16.5. The maximum absolute atomic E-state index is 12.3. The van der Waals surface area contributed by atoms with Crippen molar-refractivity contribution in [2.45, 2.75) is 25.8 Å². The Morgan fingerprint density at radius 1 is 1.12 bits per heavy atom. The van der Waals surface area contributed by atoms with E-state index in [-0.39, 0.29) is 17.5 Å². The van der Waals surface area contributed by atoms with Gasteiger partial charge < -0.3 is 14.7 Å². The van der Waals surface area contributed by atoms with Gasteiger partial charge in [-0.05, 0) is 43.2 Å². The summed E-state index contributed by atoms with van der Waals surface area (Å²) in [4.78, 5) is 27.3. The monoisotopic (exact) mass is 336 g/mol. The number of H-pyrrole nitrogens is 1. The number of carbonyl (C=O) groups is 1. The number of carbonyl (C=O) groups excluding carboxylic acids is 1. The minimum Gasteiger partial charge on any atom is -0.469 e. The molecule has 0 spiro atoms. The first kappa shape index (κ1) is 16.8. The van der Waals surface area contributed by atoms with Gasteiger partial charge in [-0.1, -0.05) is 30.3 Å². The molecule has 5 nitrogen and oxygen atoms in total. The second-order valence-electron chi connectivity index (χ2n) is 5.97. The van der Waals surface area contributed by atoms with Gasteiger partial charge in [-0.15, -0.1) is 0 Å². The topological polar surface area (TPSA) is 75.1 Å². The van der Waals surface area contributed by atoms with Gasteiger partial charge in [0.2, 0.25) is 0 Å². The number of amides is 1. The van der Waals surface area contributed by atoms with Gasteiger partial charge in [0.1, 0.15) is 11.3 Å². The highest BCUT2D eigenvalue weighted by atomic mass is 16.3. The molecule has 0 radical (unpaired) electrons. The Bertz CT molecular complexity index is 883. The van der Waals surface area contributed by atoms with E-state index in [1.165, 1.54) is 0 Å². The van der Waals surface area contributed by atoms with Crippen molar-refractivity contribution in [1.82, 2.24) is 10.3 Å². The van der Waals surface area contributed by atoms with Crippen LogP contribution in [0.5, 0.6) is 0 Å². The van der Waals surface area contributed by atoms with Gasteiger partial charge >= 0.3 is 0 Å². The third-order valence-corrected chi connectivity index (χ3v) is 4.02. The summed E-state index contributed by atoms with van der Waals surface area (Å²) in [5, 5.41) is 2.86. The molecular weight excluding hydrogens is 316 g/mol. The molecule has 3 rings (SSSR count). The molecule has 0 aliphatic heterocycles. The van der Waals surface area contributed by atoms with Gasteiger partial charge in [0, 0.05) is 18.2 Å². The van der Waals surface area contributed by atoms with Crippen molar-refractivity contribution in [3.63, 3.8) is 0 Å². The van der Waals surface area contributed by atoms with E-state index in [2.05, 4.69) is 10.3 Å². The van der Waals surface area contributed by atoms with Crippen molar-refractivity contribution in [3.8, 4) is 11.3 Å². The lowest BCUT2D eigenvalue weighted by atomic mass is 10.1. The first-order valence-electron chi connectivity index (χ1n) is 8.25. The molecule has 5 heteroatoms. The highest BCUT2D eigenvalue weighted by Crippen LogP contribution is 2.14. The molecule has 3 aromatic rings. The lowest BCUT2D eigenvalue weighted by Gasteiger charge is -2.13. The quantitative estimate of drug-likeness (QED) is 0.724. The maximum Gasteiger partial charge on any atom is 0.261 e. The van der Waals surface area contributed by atoms with Crippen molar-refractivity contribution < 1.29 is 9.21 Å². The molecule has 2 aromatic heterocycles. The van der Waals surface area contributed by atoms with Crippen LogP contribution in [0.1, 0.15) is 29.5 Å². The molecule has 128 valence electrons. The summed E-state index contributed by atoms with van der Waals surface area (Å²) in [5.41, 5.74) is 1.31. The van der Waals surface area contributed by atoms with Crippen LogP contribution in [-0.2, 0) is 6.42 Å². The summed E-state index contributed by atoms with van der Waals surface area (Å²) in [5.74, 6) is 0.513. The molecule has 0 saturated heterocycles. The van der Waals surface area contributed by atoms with Gasteiger partial charge in [-0.2, -0.15) is 0 Å². The molecule has 0 bridgehead atoms. The number of nitrogens with one attached hydrogen (secondary N) is 2. The third-order valence-electron chi connectivity index (χ3n) is 4.02. The summed E-state index contributed by atoms with van der Waals surface area (Å²) < 4.78 is 5.28. The minimum atomic E-state index is -0.392. The molecule has 0 aliphatic rings. The fourth-order valence-corrected chi connectivity index (χ4v) is 2.63. The van der Waals surface area contributed by atoms with Crippen LogP contribution in [0.25, 0.3) is 11.3 Å². The molecule has 0 aliphatic carbocycles. The normalized spacial score (nSPS) is 11.9. The SMILES string of the molecule is C[C@@H](CCc1ccco1)NC(=O)c1ccc(-c2ccccc2)[nH]c1=O. The molecule has 25 heavy (non-hydrogen) atoms. The number of aromatic amines is 1. The second kappa shape index (κ2) is 7.66. The van der Waals surface area contributed by atoms with Gasteiger partial charge in [0.05, 0.1) is 6.26 Å². The van der Waals surface area contributed by atoms with Crippen LogP contribution in [0, 0.1) is 0 Å². The minimum absolute atomic E-state index is 0.0641. The van der Waals surface area contributed by atoms with Crippen molar-refractivity contribution in [2.75, 3.05) is 0 Å². The number of benzene rings is 1. The van der Waals surface area contributed by atoms with E-state index < -0.39 is 5.56 Å². The van der Waals surface area contributed by atoms with Crippen LogP contribution in [0.15, 0.2) is 70.1 Å². The third kappa shape index (κ3) is 4.26. The number of hydrogen-bond donors (Lipinski definition) is 2. The first-order chi connectivity index (χ1) is 12.1. The van der Waals surface area contributed by atoms with Crippen LogP contribution in [-0.4, -0.2) is 16.9 Å². The van der Waals surface area contributed by atoms with Gasteiger partial charge in [0.15, 0.2) is 0 Å². The lowest BCUT2D eigenvalue weighted by molar-refractivity contribution is 0.0936. The zero-order valence-corrected chi connectivity index (χ0v) is 14.0. The zero-order valence-electron chi connectivity index (χ0n) is 14.0. The summed E-state index contributed by atoms with van der Waals surface area (Å²) in [6.07, 6.45) is 3.10. The van der Waals surface area contributed by atoms with Crippen LogP contribution in [0.3, 0.4) is 0 Å². The largest absolute Gasteiger partial charge is 0.469 e. The van der Waals surface area contributed by atoms with E-state index in [1.54, 1.807) is 18.4 Å². The number of rotatable bonds is 6. The number of pyridine rings is 1. The predicted molar refractivity (Wildman–Crippen MR) is 96.5 cm³/mol. The Morgan fingerprint density at radius 2 is 1.92 bits per heavy atom. The predicted octanol–water partition coefficient (Wildman–Crippen LogP) is 3.39. The Balaban J connectivity index is 1.65. The molecule has 1 aromatic carbocycles. The molecular formula is C20H20N2O3. The zero-order chi connectivity index (χ0) is 17.6. The second-order valence-corrected chi connectivity index (χ2v) is 5.97. The number of aryl methyl sites for hydroxylation is 1. The Kier molecular flexibility index (Phi) is 5.14. The molecule has 1 amide bonds. The highest BCUT2D eigenvalue weighted by Gasteiger charge is 2.14. The van der Waals surface area contributed by atoms with E-state index in [9.17, 15) is 9.59 Å². The number of furan rings is 1.